The van der Waals surface area contributed by atoms with Crippen LogP contribution in [-0.4, -0.2) is 42.6 Å². The zero-order valence-electron chi connectivity index (χ0n) is 8.28. The standard InChI is InChI=1S/C8H6N6O3/c15-7(6-11-13-14-12-6)10-5-3-1-2-4(9-5)8(16)17/h1-3H,(H,16,17)(H,9,10,15)(H,11,12,13,14). The average Bonchev–Trinajstić information content (AvgIpc) is 2.82. The van der Waals surface area contributed by atoms with Gasteiger partial charge >= 0.3 is 5.97 Å². The van der Waals surface area contributed by atoms with Crippen LogP contribution in [0.2, 0.25) is 0 Å². The van der Waals surface area contributed by atoms with Crippen molar-refractivity contribution in [3.8, 4) is 0 Å². The number of aromatic carboxylic acids is 1. The number of nitrogens with zero attached hydrogens (tertiary/aromatic N) is 4. The molecule has 0 aromatic carbocycles. The maximum Gasteiger partial charge on any atom is 0.354 e. The van der Waals surface area contributed by atoms with E-state index in [9.17, 15) is 9.59 Å². The second-order valence-electron chi connectivity index (χ2n) is 2.90. The van der Waals surface area contributed by atoms with Gasteiger partial charge in [0.05, 0.1) is 0 Å². The Bertz CT molecular complexity index is 552. The number of hydrogen-bond acceptors (Lipinski definition) is 6. The summed E-state index contributed by atoms with van der Waals surface area (Å²) in [5.41, 5.74) is -0.170. The molecule has 2 aromatic heterocycles. The highest BCUT2D eigenvalue weighted by Crippen LogP contribution is 2.05. The maximum atomic E-state index is 11.5. The van der Waals surface area contributed by atoms with Crippen LogP contribution in [0.4, 0.5) is 5.82 Å². The lowest BCUT2D eigenvalue weighted by Gasteiger charge is -2.01. The van der Waals surface area contributed by atoms with Gasteiger partial charge < -0.3 is 10.4 Å². The first-order chi connectivity index (χ1) is 8.16. The topological polar surface area (TPSA) is 134 Å². The van der Waals surface area contributed by atoms with Crippen LogP contribution in [-0.2, 0) is 0 Å². The third-order valence-electron chi connectivity index (χ3n) is 1.76. The molecule has 0 fully saturated rings. The summed E-state index contributed by atoms with van der Waals surface area (Å²) in [6, 6.07) is 4.22. The molecule has 2 rings (SSSR count). The molecule has 9 heteroatoms. The number of pyridine rings is 1. The zero-order valence-corrected chi connectivity index (χ0v) is 8.28. The molecular weight excluding hydrogens is 228 g/mol. The molecular formula is C8H6N6O3. The van der Waals surface area contributed by atoms with E-state index in [2.05, 4.69) is 30.9 Å². The minimum atomic E-state index is -1.18. The number of hydrogen-bond donors (Lipinski definition) is 3. The molecule has 0 saturated heterocycles. The van der Waals surface area contributed by atoms with Crippen LogP contribution in [0.1, 0.15) is 21.1 Å². The van der Waals surface area contributed by atoms with Crippen molar-refractivity contribution in [2.24, 2.45) is 0 Å². The predicted molar refractivity (Wildman–Crippen MR) is 53.3 cm³/mol. The molecule has 0 radical (unpaired) electrons. The quantitative estimate of drug-likeness (QED) is 0.654. The molecule has 1 amide bonds. The van der Waals surface area contributed by atoms with Gasteiger partial charge in [-0.3, -0.25) is 4.79 Å². The molecule has 0 aliphatic carbocycles. The first-order valence-corrected chi connectivity index (χ1v) is 4.42. The van der Waals surface area contributed by atoms with Gasteiger partial charge in [0.2, 0.25) is 0 Å². The number of tetrazole rings is 1. The van der Waals surface area contributed by atoms with Crippen molar-refractivity contribution in [1.82, 2.24) is 25.6 Å². The molecule has 2 heterocycles. The van der Waals surface area contributed by atoms with Crippen molar-refractivity contribution in [1.29, 1.82) is 0 Å². The summed E-state index contributed by atoms with van der Waals surface area (Å²) in [5, 5.41) is 23.3. The first-order valence-electron chi connectivity index (χ1n) is 4.42. The van der Waals surface area contributed by atoms with E-state index in [4.69, 9.17) is 5.11 Å². The summed E-state index contributed by atoms with van der Waals surface area (Å²) >= 11 is 0. The third kappa shape index (κ3) is 2.40. The molecule has 0 saturated carbocycles. The van der Waals surface area contributed by atoms with Gasteiger partial charge in [-0.25, -0.2) is 9.78 Å². The van der Waals surface area contributed by atoms with Gasteiger partial charge in [0.15, 0.2) is 5.69 Å². The molecule has 0 atom stereocenters. The Morgan fingerprint density at radius 2 is 2.18 bits per heavy atom. The lowest BCUT2D eigenvalue weighted by molar-refractivity contribution is 0.0690. The molecule has 0 aliphatic heterocycles. The fourth-order valence-electron chi connectivity index (χ4n) is 1.05. The fourth-order valence-corrected chi connectivity index (χ4v) is 1.05. The minimum absolute atomic E-state index is 0.0969. The Balaban J connectivity index is 2.16. The summed E-state index contributed by atoms with van der Waals surface area (Å²) in [4.78, 5) is 25.8. The number of amides is 1. The second kappa shape index (κ2) is 4.35. The second-order valence-corrected chi connectivity index (χ2v) is 2.90. The van der Waals surface area contributed by atoms with Crippen LogP contribution < -0.4 is 5.32 Å². The van der Waals surface area contributed by atoms with Gasteiger partial charge in [-0.15, -0.1) is 10.2 Å². The van der Waals surface area contributed by atoms with Gasteiger partial charge in [-0.1, -0.05) is 6.07 Å². The van der Waals surface area contributed by atoms with Gasteiger partial charge in [0.25, 0.3) is 11.7 Å². The van der Waals surface area contributed by atoms with Crippen molar-refractivity contribution in [2.45, 2.75) is 0 Å². The monoisotopic (exact) mass is 234 g/mol. The first kappa shape index (κ1) is 10.7. The van der Waals surface area contributed by atoms with Crippen molar-refractivity contribution < 1.29 is 14.7 Å². The average molecular weight is 234 g/mol. The summed E-state index contributed by atoms with van der Waals surface area (Å²) < 4.78 is 0. The third-order valence-corrected chi connectivity index (χ3v) is 1.76. The largest absolute Gasteiger partial charge is 0.477 e. The van der Waals surface area contributed by atoms with E-state index in [0.717, 1.165) is 0 Å². The van der Waals surface area contributed by atoms with E-state index in [1.165, 1.54) is 18.2 Å². The number of carboxylic acids is 1. The van der Waals surface area contributed by atoms with E-state index in [1.807, 2.05) is 0 Å². The van der Waals surface area contributed by atoms with E-state index in [-0.39, 0.29) is 17.3 Å². The van der Waals surface area contributed by atoms with E-state index in [1.54, 1.807) is 0 Å². The Labute approximate surface area is 93.9 Å². The van der Waals surface area contributed by atoms with Crippen molar-refractivity contribution in [3.05, 3.63) is 29.7 Å². The smallest absolute Gasteiger partial charge is 0.354 e. The molecule has 2 aromatic rings. The Kier molecular flexibility index (Phi) is 2.73. The van der Waals surface area contributed by atoms with Crippen LogP contribution in [0.25, 0.3) is 0 Å². The van der Waals surface area contributed by atoms with Gasteiger partial charge in [-0.05, 0) is 17.3 Å². The number of anilines is 1. The van der Waals surface area contributed by atoms with Crippen LogP contribution in [0.15, 0.2) is 18.2 Å². The van der Waals surface area contributed by atoms with Gasteiger partial charge in [0.1, 0.15) is 5.82 Å². The molecule has 0 spiro atoms. The number of carbonyl (C=O) groups is 2. The summed E-state index contributed by atoms with van der Waals surface area (Å²) in [5.74, 6) is -1.87. The van der Waals surface area contributed by atoms with Crippen molar-refractivity contribution in [3.63, 3.8) is 0 Å². The summed E-state index contributed by atoms with van der Waals surface area (Å²) in [7, 11) is 0. The number of carbonyl (C=O) groups excluding carboxylic acids is 1. The Hall–Kier alpha value is -2.84. The number of nitrogens with one attached hydrogen (secondary N) is 2. The van der Waals surface area contributed by atoms with E-state index < -0.39 is 11.9 Å². The normalized spacial score (nSPS) is 9.88. The minimum Gasteiger partial charge on any atom is -0.477 e. The van der Waals surface area contributed by atoms with Crippen LogP contribution >= 0.6 is 0 Å². The van der Waals surface area contributed by atoms with Crippen molar-refractivity contribution in [2.75, 3.05) is 5.32 Å². The highest BCUT2D eigenvalue weighted by Gasteiger charge is 2.12. The molecule has 86 valence electrons. The number of rotatable bonds is 3. The van der Waals surface area contributed by atoms with Gasteiger partial charge in [-0.2, -0.15) is 5.21 Å². The molecule has 3 N–H and O–H groups in total. The number of carboxylic acid groups (broad SMARTS) is 1. The Morgan fingerprint density at radius 1 is 1.35 bits per heavy atom. The summed E-state index contributed by atoms with van der Waals surface area (Å²) in [6.45, 7) is 0. The molecule has 17 heavy (non-hydrogen) atoms. The Morgan fingerprint density at radius 3 is 2.82 bits per heavy atom. The van der Waals surface area contributed by atoms with E-state index >= 15 is 0 Å². The lowest BCUT2D eigenvalue weighted by Crippen LogP contribution is -2.15. The molecule has 9 nitrogen and oxygen atoms in total. The van der Waals surface area contributed by atoms with E-state index in [0.29, 0.717) is 0 Å². The van der Waals surface area contributed by atoms with Crippen LogP contribution in [0, 0.1) is 0 Å². The molecule has 0 unspecified atom stereocenters. The highest BCUT2D eigenvalue weighted by atomic mass is 16.4. The maximum absolute atomic E-state index is 11.5. The fraction of sp³-hybridized carbons (Fsp3) is 0. The molecule has 0 aliphatic rings. The number of aromatic nitrogens is 5. The van der Waals surface area contributed by atoms with Crippen LogP contribution in [0.3, 0.4) is 0 Å². The zero-order chi connectivity index (χ0) is 12.3. The summed E-state index contributed by atoms with van der Waals surface area (Å²) in [6.07, 6.45) is 0. The van der Waals surface area contributed by atoms with Crippen LogP contribution in [0.5, 0.6) is 0 Å². The lowest BCUT2D eigenvalue weighted by atomic mass is 10.3. The number of aromatic amines is 1. The SMILES string of the molecule is O=C(O)c1cccc(NC(=O)c2nn[nH]n2)n1. The molecule has 0 bridgehead atoms. The highest BCUT2D eigenvalue weighted by molar-refractivity contribution is 6.01. The predicted octanol–water partition coefficient (Wildman–Crippen LogP) is -0.455. The van der Waals surface area contributed by atoms with Crippen molar-refractivity contribution >= 4 is 17.7 Å². The van der Waals surface area contributed by atoms with Gasteiger partial charge in [0, 0.05) is 0 Å². The number of H-pyrrole nitrogens is 1.